The molecule has 0 amide bonds. The number of hydrogen-bond acceptors (Lipinski definition) is 2. The topological polar surface area (TPSA) is 49.3 Å². The predicted molar refractivity (Wildman–Crippen MR) is 72.4 cm³/mol. The van der Waals surface area contributed by atoms with E-state index in [1.165, 1.54) is 0 Å². The SMILES string of the molecule is CC1(C)C(CNC2CCC(C(=O)O)CC2)C1(C)C. The molecule has 2 N–H and O–H groups in total. The summed E-state index contributed by atoms with van der Waals surface area (Å²) >= 11 is 0. The maximum Gasteiger partial charge on any atom is 0.306 e. The van der Waals surface area contributed by atoms with Crippen molar-refractivity contribution in [3.05, 3.63) is 0 Å². The quantitative estimate of drug-likeness (QED) is 0.810. The lowest BCUT2D eigenvalue weighted by Crippen LogP contribution is -2.36. The van der Waals surface area contributed by atoms with Crippen molar-refractivity contribution in [1.82, 2.24) is 5.32 Å². The Hall–Kier alpha value is -0.570. The number of nitrogens with one attached hydrogen (secondary N) is 1. The Morgan fingerprint density at radius 2 is 1.61 bits per heavy atom. The van der Waals surface area contributed by atoms with Crippen molar-refractivity contribution in [3.8, 4) is 0 Å². The highest BCUT2D eigenvalue weighted by atomic mass is 16.4. The van der Waals surface area contributed by atoms with Crippen LogP contribution in [0, 0.1) is 22.7 Å². The second-order valence-corrected chi connectivity index (χ2v) is 7.29. The van der Waals surface area contributed by atoms with Gasteiger partial charge in [-0.25, -0.2) is 0 Å². The zero-order valence-electron chi connectivity index (χ0n) is 12.1. The molecule has 2 aliphatic rings. The van der Waals surface area contributed by atoms with Gasteiger partial charge in [0.05, 0.1) is 5.92 Å². The standard InChI is InChI=1S/C15H27NO2/c1-14(2)12(15(14,3)4)9-16-11-7-5-10(6-8-11)13(17)18/h10-12,16H,5-9H2,1-4H3,(H,17,18). The molecule has 0 aromatic heterocycles. The average Bonchev–Trinajstić information content (AvgIpc) is 2.67. The van der Waals surface area contributed by atoms with Gasteiger partial charge in [-0.2, -0.15) is 0 Å². The summed E-state index contributed by atoms with van der Waals surface area (Å²) in [6.07, 6.45) is 3.71. The Morgan fingerprint density at radius 3 is 2.00 bits per heavy atom. The Morgan fingerprint density at radius 1 is 1.11 bits per heavy atom. The van der Waals surface area contributed by atoms with Crippen LogP contribution < -0.4 is 5.32 Å². The molecule has 0 aliphatic heterocycles. The minimum absolute atomic E-state index is 0.100. The molecule has 0 spiro atoms. The molecule has 0 saturated heterocycles. The highest BCUT2D eigenvalue weighted by molar-refractivity contribution is 5.70. The van der Waals surface area contributed by atoms with Gasteiger partial charge in [0, 0.05) is 6.04 Å². The minimum atomic E-state index is -0.613. The lowest BCUT2D eigenvalue weighted by atomic mass is 9.86. The maximum atomic E-state index is 10.9. The molecule has 2 aliphatic carbocycles. The van der Waals surface area contributed by atoms with Crippen LogP contribution >= 0.6 is 0 Å². The van der Waals surface area contributed by atoms with Crippen LogP contribution in [0.1, 0.15) is 53.4 Å². The third-order valence-electron chi connectivity index (χ3n) is 6.01. The van der Waals surface area contributed by atoms with E-state index >= 15 is 0 Å². The molecule has 0 aromatic rings. The highest BCUT2D eigenvalue weighted by Gasteiger charge is 2.63. The molecule has 2 saturated carbocycles. The van der Waals surface area contributed by atoms with Gasteiger partial charge in [0.25, 0.3) is 0 Å². The summed E-state index contributed by atoms with van der Waals surface area (Å²) in [6.45, 7) is 10.5. The van der Waals surface area contributed by atoms with Gasteiger partial charge in [-0.1, -0.05) is 27.7 Å². The van der Waals surface area contributed by atoms with E-state index in [4.69, 9.17) is 5.11 Å². The van der Waals surface area contributed by atoms with E-state index in [0.717, 1.165) is 38.1 Å². The van der Waals surface area contributed by atoms with Crippen LogP contribution in [0.15, 0.2) is 0 Å². The Labute approximate surface area is 110 Å². The van der Waals surface area contributed by atoms with Gasteiger partial charge < -0.3 is 10.4 Å². The fourth-order valence-electron chi connectivity index (χ4n) is 3.67. The van der Waals surface area contributed by atoms with E-state index in [1.54, 1.807) is 0 Å². The smallest absolute Gasteiger partial charge is 0.306 e. The molecular weight excluding hydrogens is 226 g/mol. The van der Waals surface area contributed by atoms with Gasteiger partial charge in [0.2, 0.25) is 0 Å². The summed E-state index contributed by atoms with van der Waals surface area (Å²) in [7, 11) is 0. The first-order valence-corrected chi connectivity index (χ1v) is 7.23. The van der Waals surface area contributed by atoms with Crippen LogP contribution in [0.2, 0.25) is 0 Å². The number of hydrogen-bond donors (Lipinski definition) is 2. The van der Waals surface area contributed by atoms with Crippen molar-refractivity contribution in [3.63, 3.8) is 0 Å². The number of aliphatic carboxylic acids is 1. The summed E-state index contributed by atoms with van der Waals surface area (Å²) in [4.78, 5) is 10.9. The molecule has 0 bridgehead atoms. The Kier molecular flexibility index (Phi) is 3.48. The number of carbonyl (C=O) groups is 1. The van der Waals surface area contributed by atoms with Crippen molar-refractivity contribution in [1.29, 1.82) is 0 Å². The van der Waals surface area contributed by atoms with Gasteiger partial charge in [0.15, 0.2) is 0 Å². The molecule has 3 heteroatoms. The summed E-state index contributed by atoms with van der Waals surface area (Å²) < 4.78 is 0. The summed E-state index contributed by atoms with van der Waals surface area (Å²) in [6, 6.07) is 0.535. The molecule has 3 nitrogen and oxygen atoms in total. The van der Waals surface area contributed by atoms with E-state index in [2.05, 4.69) is 33.0 Å². The van der Waals surface area contributed by atoms with Crippen LogP contribution in [-0.2, 0) is 4.79 Å². The first-order valence-electron chi connectivity index (χ1n) is 7.23. The minimum Gasteiger partial charge on any atom is -0.481 e. The Bertz CT molecular complexity index is 313. The lowest BCUT2D eigenvalue weighted by molar-refractivity contribution is -0.142. The van der Waals surface area contributed by atoms with Gasteiger partial charge >= 0.3 is 5.97 Å². The first kappa shape index (κ1) is 13.9. The largest absolute Gasteiger partial charge is 0.481 e. The third-order valence-corrected chi connectivity index (χ3v) is 6.01. The number of carboxylic acids is 1. The Balaban J connectivity index is 1.73. The number of rotatable bonds is 4. The van der Waals surface area contributed by atoms with Crippen molar-refractivity contribution in [2.75, 3.05) is 6.54 Å². The molecule has 18 heavy (non-hydrogen) atoms. The summed E-state index contributed by atoms with van der Waals surface area (Å²) in [5, 5.41) is 12.6. The van der Waals surface area contributed by atoms with E-state index in [-0.39, 0.29) is 5.92 Å². The second-order valence-electron chi connectivity index (χ2n) is 7.29. The van der Waals surface area contributed by atoms with Gasteiger partial charge in [0.1, 0.15) is 0 Å². The van der Waals surface area contributed by atoms with Crippen LogP contribution in [-0.4, -0.2) is 23.7 Å². The fraction of sp³-hybridized carbons (Fsp3) is 0.933. The van der Waals surface area contributed by atoms with Gasteiger partial charge in [-0.15, -0.1) is 0 Å². The van der Waals surface area contributed by atoms with Crippen molar-refractivity contribution >= 4 is 5.97 Å². The highest BCUT2D eigenvalue weighted by Crippen LogP contribution is 2.67. The molecule has 0 radical (unpaired) electrons. The first-order chi connectivity index (χ1) is 8.26. The second kappa shape index (κ2) is 4.52. The zero-order chi connectivity index (χ0) is 13.6. The maximum absolute atomic E-state index is 10.9. The van der Waals surface area contributed by atoms with Gasteiger partial charge in [-0.3, -0.25) is 4.79 Å². The van der Waals surface area contributed by atoms with Crippen molar-refractivity contribution in [2.24, 2.45) is 22.7 Å². The van der Waals surface area contributed by atoms with Crippen molar-refractivity contribution < 1.29 is 9.90 Å². The molecule has 2 rings (SSSR count). The average molecular weight is 253 g/mol. The number of carboxylic acid groups (broad SMARTS) is 1. The third kappa shape index (κ3) is 2.29. The monoisotopic (exact) mass is 253 g/mol. The van der Waals surface area contributed by atoms with E-state index in [0.29, 0.717) is 16.9 Å². The normalized spacial score (nSPS) is 34.2. The van der Waals surface area contributed by atoms with Gasteiger partial charge in [-0.05, 0) is 49.0 Å². The van der Waals surface area contributed by atoms with E-state index < -0.39 is 5.97 Å². The molecular formula is C15H27NO2. The van der Waals surface area contributed by atoms with Crippen LogP contribution in [0.5, 0.6) is 0 Å². The molecule has 104 valence electrons. The van der Waals surface area contributed by atoms with Crippen LogP contribution in [0.4, 0.5) is 0 Å². The van der Waals surface area contributed by atoms with E-state index in [1.807, 2.05) is 0 Å². The summed E-state index contributed by atoms with van der Waals surface area (Å²) in [5.74, 6) is 0.0389. The van der Waals surface area contributed by atoms with Crippen LogP contribution in [0.25, 0.3) is 0 Å². The molecule has 0 heterocycles. The molecule has 0 unspecified atom stereocenters. The van der Waals surface area contributed by atoms with E-state index in [9.17, 15) is 4.79 Å². The predicted octanol–water partition coefficient (Wildman–Crippen LogP) is 2.90. The molecule has 0 aromatic carbocycles. The van der Waals surface area contributed by atoms with Crippen molar-refractivity contribution in [2.45, 2.75) is 59.4 Å². The lowest BCUT2D eigenvalue weighted by Gasteiger charge is -2.27. The summed E-state index contributed by atoms with van der Waals surface area (Å²) in [5.41, 5.74) is 0.885. The molecule has 2 fully saturated rings. The molecule has 0 atom stereocenters. The van der Waals surface area contributed by atoms with Crippen LogP contribution in [0.3, 0.4) is 0 Å². The fourth-order valence-corrected chi connectivity index (χ4v) is 3.67. The zero-order valence-corrected chi connectivity index (χ0v) is 12.1.